The summed E-state index contributed by atoms with van der Waals surface area (Å²) >= 11 is 0. The zero-order valence-corrected chi connectivity index (χ0v) is 10.5. The van der Waals surface area contributed by atoms with Gasteiger partial charge >= 0.3 is 5.97 Å². The number of carbonyl (C=O) groups is 2. The number of hydrogen-bond donors (Lipinski definition) is 2. The summed E-state index contributed by atoms with van der Waals surface area (Å²) in [7, 11) is 1.70. The molecule has 0 atom stereocenters. The number of carbonyl (C=O) groups excluding carboxylic acids is 1. The van der Waals surface area contributed by atoms with Crippen molar-refractivity contribution < 1.29 is 14.7 Å². The molecule has 0 radical (unpaired) electrons. The molecule has 2 aromatic rings. The predicted octanol–water partition coefficient (Wildman–Crippen LogP) is 1.68. The third-order valence-corrected chi connectivity index (χ3v) is 2.62. The molecule has 98 valence electrons. The number of anilines is 1. The Labute approximate surface area is 109 Å². The van der Waals surface area contributed by atoms with E-state index in [-0.39, 0.29) is 17.2 Å². The highest BCUT2D eigenvalue weighted by Gasteiger charge is 2.14. The Bertz CT molecular complexity index is 646. The summed E-state index contributed by atoms with van der Waals surface area (Å²) in [6, 6.07) is 4.83. The van der Waals surface area contributed by atoms with E-state index < -0.39 is 5.97 Å². The molecule has 2 N–H and O–H groups in total. The first-order valence-electron chi connectivity index (χ1n) is 5.61. The van der Waals surface area contributed by atoms with Crippen LogP contribution >= 0.6 is 0 Å². The smallest absolute Gasteiger partial charge is 0.337 e. The number of hydrogen-bond acceptors (Lipinski definition) is 3. The molecule has 0 saturated heterocycles. The summed E-state index contributed by atoms with van der Waals surface area (Å²) in [6.45, 7) is 1.79. The van der Waals surface area contributed by atoms with E-state index in [1.165, 1.54) is 16.9 Å². The van der Waals surface area contributed by atoms with Crippen molar-refractivity contribution in [3.8, 4) is 0 Å². The molecule has 1 aromatic carbocycles. The van der Waals surface area contributed by atoms with Gasteiger partial charge in [0.05, 0.1) is 23.0 Å². The molecule has 1 heterocycles. The molecular weight excluding hydrogens is 246 g/mol. The molecule has 6 heteroatoms. The van der Waals surface area contributed by atoms with E-state index in [0.29, 0.717) is 5.56 Å². The number of nitrogens with one attached hydrogen (secondary N) is 1. The van der Waals surface area contributed by atoms with E-state index in [1.807, 2.05) is 0 Å². The largest absolute Gasteiger partial charge is 0.478 e. The number of rotatable bonds is 3. The third kappa shape index (κ3) is 2.79. The van der Waals surface area contributed by atoms with Crippen LogP contribution in [0.2, 0.25) is 0 Å². The van der Waals surface area contributed by atoms with Gasteiger partial charge in [0.25, 0.3) is 5.91 Å². The lowest BCUT2D eigenvalue weighted by Gasteiger charge is -2.08. The van der Waals surface area contributed by atoms with Crippen molar-refractivity contribution in [3.05, 3.63) is 47.3 Å². The van der Waals surface area contributed by atoms with Crippen LogP contribution in [0.15, 0.2) is 30.6 Å². The Hall–Kier alpha value is -2.63. The van der Waals surface area contributed by atoms with E-state index in [4.69, 9.17) is 5.11 Å². The van der Waals surface area contributed by atoms with E-state index in [9.17, 15) is 9.59 Å². The second-order valence-electron chi connectivity index (χ2n) is 4.21. The van der Waals surface area contributed by atoms with Crippen LogP contribution in [0.25, 0.3) is 0 Å². The monoisotopic (exact) mass is 259 g/mol. The molecule has 1 amide bonds. The SMILES string of the molecule is Cc1ccc(NC(=O)c2cnn(C)c2)c(C(=O)O)c1. The number of carboxylic acid groups (broad SMARTS) is 1. The van der Waals surface area contributed by atoms with Gasteiger partial charge in [-0.25, -0.2) is 4.79 Å². The Kier molecular flexibility index (Phi) is 3.33. The van der Waals surface area contributed by atoms with E-state index in [2.05, 4.69) is 10.4 Å². The van der Waals surface area contributed by atoms with E-state index >= 15 is 0 Å². The first-order valence-corrected chi connectivity index (χ1v) is 5.61. The van der Waals surface area contributed by atoms with Crippen molar-refractivity contribution in [2.24, 2.45) is 7.05 Å². The number of aromatic carboxylic acids is 1. The summed E-state index contributed by atoms with van der Waals surface area (Å²) in [5.41, 5.74) is 1.53. The van der Waals surface area contributed by atoms with Crippen LogP contribution in [0.3, 0.4) is 0 Å². The van der Waals surface area contributed by atoms with Crippen LogP contribution in [-0.4, -0.2) is 26.8 Å². The average molecular weight is 259 g/mol. The quantitative estimate of drug-likeness (QED) is 0.878. The fourth-order valence-corrected chi connectivity index (χ4v) is 1.68. The highest BCUT2D eigenvalue weighted by Crippen LogP contribution is 2.18. The van der Waals surface area contributed by atoms with E-state index in [1.54, 1.807) is 32.3 Å². The molecule has 0 fully saturated rings. The van der Waals surface area contributed by atoms with Crippen LogP contribution in [0.1, 0.15) is 26.3 Å². The summed E-state index contributed by atoms with van der Waals surface area (Å²) < 4.78 is 1.50. The Morgan fingerprint density at radius 2 is 2.11 bits per heavy atom. The lowest BCUT2D eigenvalue weighted by molar-refractivity contribution is 0.0698. The van der Waals surface area contributed by atoms with E-state index in [0.717, 1.165) is 5.56 Å². The van der Waals surface area contributed by atoms with Crippen LogP contribution in [-0.2, 0) is 7.05 Å². The third-order valence-electron chi connectivity index (χ3n) is 2.62. The molecule has 19 heavy (non-hydrogen) atoms. The number of nitrogens with zero attached hydrogens (tertiary/aromatic N) is 2. The molecule has 0 bridgehead atoms. The highest BCUT2D eigenvalue weighted by molar-refractivity contribution is 6.07. The van der Waals surface area contributed by atoms with Crippen molar-refractivity contribution in [1.29, 1.82) is 0 Å². The number of aromatic nitrogens is 2. The highest BCUT2D eigenvalue weighted by atomic mass is 16.4. The Morgan fingerprint density at radius 3 is 2.68 bits per heavy atom. The molecule has 2 rings (SSSR count). The fourth-order valence-electron chi connectivity index (χ4n) is 1.68. The molecule has 0 spiro atoms. The Balaban J connectivity index is 2.28. The molecule has 0 saturated carbocycles. The minimum absolute atomic E-state index is 0.0669. The number of amides is 1. The average Bonchev–Trinajstić information content (AvgIpc) is 2.78. The molecule has 6 nitrogen and oxygen atoms in total. The normalized spacial score (nSPS) is 10.2. The molecular formula is C13H13N3O3. The van der Waals surface area contributed by atoms with Crippen molar-refractivity contribution in [3.63, 3.8) is 0 Å². The minimum Gasteiger partial charge on any atom is -0.478 e. The second kappa shape index (κ2) is 4.93. The summed E-state index contributed by atoms with van der Waals surface area (Å²) in [5, 5.41) is 15.6. The van der Waals surface area contributed by atoms with Crippen LogP contribution in [0.5, 0.6) is 0 Å². The van der Waals surface area contributed by atoms with Gasteiger partial charge in [-0.1, -0.05) is 11.6 Å². The molecule has 0 aliphatic heterocycles. The lowest BCUT2D eigenvalue weighted by atomic mass is 10.1. The van der Waals surface area contributed by atoms with Crippen LogP contribution in [0.4, 0.5) is 5.69 Å². The zero-order chi connectivity index (χ0) is 14.0. The van der Waals surface area contributed by atoms with Gasteiger partial charge in [0.1, 0.15) is 0 Å². The Morgan fingerprint density at radius 1 is 1.37 bits per heavy atom. The molecule has 0 aliphatic carbocycles. The van der Waals surface area contributed by atoms with Crippen molar-refractivity contribution >= 4 is 17.6 Å². The van der Waals surface area contributed by atoms with Gasteiger partial charge in [-0.15, -0.1) is 0 Å². The van der Waals surface area contributed by atoms with Gasteiger partial charge in [-0.05, 0) is 19.1 Å². The summed E-state index contributed by atoms with van der Waals surface area (Å²) in [6.07, 6.45) is 2.98. The maximum atomic E-state index is 11.9. The summed E-state index contributed by atoms with van der Waals surface area (Å²) in [4.78, 5) is 23.1. The molecule has 0 aliphatic rings. The van der Waals surface area contributed by atoms with Crippen molar-refractivity contribution in [1.82, 2.24) is 9.78 Å². The van der Waals surface area contributed by atoms with Crippen molar-refractivity contribution in [2.75, 3.05) is 5.32 Å². The topological polar surface area (TPSA) is 84.2 Å². The number of carboxylic acids is 1. The van der Waals surface area contributed by atoms with Gasteiger partial charge in [0, 0.05) is 13.2 Å². The number of aryl methyl sites for hydroxylation is 2. The van der Waals surface area contributed by atoms with Gasteiger partial charge in [-0.3, -0.25) is 9.48 Å². The first-order chi connectivity index (χ1) is 8.97. The summed E-state index contributed by atoms with van der Waals surface area (Å²) in [5.74, 6) is -1.47. The first kappa shape index (κ1) is 12.8. The van der Waals surface area contributed by atoms with Crippen LogP contribution in [0, 0.1) is 6.92 Å². The maximum absolute atomic E-state index is 11.9. The van der Waals surface area contributed by atoms with Gasteiger partial charge < -0.3 is 10.4 Å². The molecule has 1 aromatic heterocycles. The van der Waals surface area contributed by atoms with Crippen molar-refractivity contribution in [2.45, 2.75) is 6.92 Å². The second-order valence-corrected chi connectivity index (χ2v) is 4.21. The van der Waals surface area contributed by atoms with Gasteiger partial charge in [0.2, 0.25) is 0 Å². The van der Waals surface area contributed by atoms with Crippen LogP contribution < -0.4 is 5.32 Å². The fraction of sp³-hybridized carbons (Fsp3) is 0.154. The zero-order valence-electron chi connectivity index (χ0n) is 10.5. The standard InChI is InChI=1S/C13H13N3O3/c1-8-3-4-11(10(5-8)13(18)19)15-12(17)9-6-14-16(2)7-9/h3-7H,1-2H3,(H,15,17)(H,18,19). The predicted molar refractivity (Wildman–Crippen MR) is 69.3 cm³/mol. The minimum atomic E-state index is -1.08. The number of benzene rings is 1. The molecule has 0 unspecified atom stereocenters. The van der Waals surface area contributed by atoms with Gasteiger partial charge in [-0.2, -0.15) is 5.10 Å². The maximum Gasteiger partial charge on any atom is 0.337 e. The lowest BCUT2D eigenvalue weighted by Crippen LogP contribution is -2.14. The van der Waals surface area contributed by atoms with Gasteiger partial charge in [0.15, 0.2) is 0 Å².